The SMILES string of the molecule is CCOC(=O)C(=O)Nc1cccc2nsnc12. The van der Waals surface area contributed by atoms with E-state index in [-0.39, 0.29) is 6.61 Å². The van der Waals surface area contributed by atoms with Crippen molar-refractivity contribution in [2.24, 2.45) is 0 Å². The van der Waals surface area contributed by atoms with Crippen LogP contribution in [-0.4, -0.2) is 27.2 Å². The molecular formula is C10H9N3O3S. The molecule has 1 amide bonds. The number of amides is 1. The third kappa shape index (κ3) is 2.39. The van der Waals surface area contributed by atoms with E-state index in [1.807, 2.05) is 0 Å². The van der Waals surface area contributed by atoms with Crippen molar-refractivity contribution in [1.29, 1.82) is 0 Å². The Kier molecular flexibility index (Phi) is 3.29. The fourth-order valence-corrected chi connectivity index (χ4v) is 1.83. The van der Waals surface area contributed by atoms with Crippen LogP contribution in [0.4, 0.5) is 5.69 Å². The molecule has 88 valence electrons. The summed E-state index contributed by atoms with van der Waals surface area (Å²) in [5.41, 5.74) is 1.70. The molecule has 0 aliphatic heterocycles. The van der Waals surface area contributed by atoms with E-state index < -0.39 is 11.9 Å². The second kappa shape index (κ2) is 4.88. The Morgan fingerprint density at radius 2 is 2.24 bits per heavy atom. The average Bonchev–Trinajstić information content (AvgIpc) is 2.78. The Hall–Kier alpha value is -2.02. The van der Waals surface area contributed by atoms with Crippen LogP contribution in [0.2, 0.25) is 0 Å². The largest absolute Gasteiger partial charge is 0.459 e. The van der Waals surface area contributed by atoms with Gasteiger partial charge in [-0.2, -0.15) is 8.75 Å². The molecule has 6 nitrogen and oxygen atoms in total. The molecule has 17 heavy (non-hydrogen) atoms. The summed E-state index contributed by atoms with van der Waals surface area (Å²) in [4.78, 5) is 22.6. The van der Waals surface area contributed by atoms with Gasteiger partial charge in [0.15, 0.2) is 0 Å². The maximum absolute atomic E-state index is 11.4. The number of nitrogens with zero attached hydrogens (tertiary/aromatic N) is 2. The van der Waals surface area contributed by atoms with Crippen molar-refractivity contribution in [3.63, 3.8) is 0 Å². The highest BCUT2D eigenvalue weighted by atomic mass is 32.1. The van der Waals surface area contributed by atoms with Gasteiger partial charge in [-0.05, 0) is 19.1 Å². The Labute approximate surface area is 101 Å². The van der Waals surface area contributed by atoms with Gasteiger partial charge < -0.3 is 10.1 Å². The van der Waals surface area contributed by atoms with Crippen molar-refractivity contribution in [3.8, 4) is 0 Å². The lowest BCUT2D eigenvalue weighted by atomic mass is 10.2. The molecule has 1 aromatic carbocycles. The van der Waals surface area contributed by atoms with Gasteiger partial charge in [-0.1, -0.05) is 6.07 Å². The molecule has 7 heteroatoms. The zero-order chi connectivity index (χ0) is 12.3. The van der Waals surface area contributed by atoms with Crippen molar-refractivity contribution in [2.45, 2.75) is 6.92 Å². The van der Waals surface area contributed by atoms with Crippen LogP contribution >= 0.6 is 11.7 Å². The van der Waals surface area contributed by atoms with E-state index in [0.717, 1.165) is 11.7 Å². The zero-order valence-corrected chi connectivity index (χ0v) is 9.78. The number of benzene rings is 1. The number of anilines is 1. The number of carbonyl (C=O) groups excluding carboxylic acids is 2. The Morgan fingerprint density at radius 1 is 1.41 bits per heavy atom. The summed E-state index contributed by atoms with van der Waals surface area (Å²) >= 11 is 1.05. The number of carbonyl (C=O) groups is 2. The van der Waals surface area contributed by atoms with E-state index in [0.29, 0.717) is 16.7 Å². The van der Waals surface area contributed by atoms with Crippen LogP contribution in [0.15, 0.2) is 18.2 Å². The predicted octanol–water partition coefficient (Wildman–Crippen LogP) is 1.19. The number of esters is 1. The molecule has 0 spiro atoms. The molecule has 2 aromatic rings. The standard InChI is InChI=1S/C10H9N3O3S/c1-2-16-10(15)9(14)11-6-4-3-5-7-8(6)13-17-12-7/h3-5H,2H2,1H3,(H,11,14). The molecule has 2 rings (SSSR count). The molecule has 0 aliphatic carbocycles. The fourth-order valence-electron chi connectivity index (χ4n) is 1.28. The first-order valence-corrected chi connectivity index (χ1v) is 5.64. The third-order valence-electron chi connectivity index (χ3n) is 2.00. The zero-order valence-electron chi connectivity index (χ0n) is 8.97. The van der Waals surface area contributed by atoms with E-state index in [2.05, 4.69) is 18.8 Å². The molecule has 0 aliphatic rings. The van der Waals surface area contributed by atoms with Gasteiger partial charge in [0.1, 0.15) is 11.0 Å². The fraction of sp³-hybridized carbons (Fsp3) is 0.200. The average molecular weight is 251 g/mol. The second-order valence-electron chi connectivity index (χ2n) is 3.11. The third-order valence-corrected chi connectivity index (χ3v) is 2.54. The lowest BCUT2D eigenvalue weighted by Gasteiger charge is -2.04. The van der Waals surface area contributed by atoms with Crippen molar-refractivity contribution in [3.05, 3.63) is 18.2 Å². The monoisotopic (exact) mass is 251 g/mol. The van der Waals surface area contributed by atoms with Crippen LogP contribution in [0.5, 0.6) is 0 Å². The van der Waals surface area contributed by atoms with Gasteiger partial charge in [0.2, 0.25) is 0 Å². The van der Waals surface area contributed by atoms with E-state index in [1.165, 1.54) is 0 Å². The minimum atomic E-state index is -0.910. The first-order valence-electron chi connectivity index (χ1n) is 4.91. The van der Waals surface area contributed by atoms with Crippen LogP contribution in [-0.2, 0) is 14.3 Å². The van der Waals surface area contributed by atoms with Gasteiger partial charge in [0.25, 0.3) is 0 Å². The number of hydrogen-bond donors (Lipinski definition) is 1. The minimum Gasteiger partial charge on any atom is -0.459 e. The summed E-state index contributed by atoms with van der Waals surface area (Å²) in [6.45, 7) is 1.80. The molecular weight excluding hydrogens is 242 g/mol. The van der Waals surface area contributed by atoms with Crippen molar-refractivity contribution >= 4 is 40.3 Å². The Bertz CT molecular complexity index is 567. The summed E-state index contributed by atoms with van der Waals surface area (Å²) in [7, 11) is 0. The number of fused-ring (bicyclic) bond motifs is 1. The van der Waals surface area contributed by atoms with Crippen LogP contribution in [0.25, 0.3) is 11.0 Å². The summed E-state index contributed by atoms with van der Waals surface area (Å²) in [5, 5.41) is 2.45. The van der Waals surface area contributed by atoms with Crippen molar-refractivity contribution < 1.29 is 14.3 Å². The van der Waals surface area contributed by atoms with Gasteiger partial charge in [0, 0.05) is 0 Å². The first-order chi connectivity index (χ1) is 8.22. The smallest absolute Gasteiger partial charge is 0.397 e. The quantitative estimate of drug-likeness (QED) is 0.640. The topological polar surface area (TPSA) is 81.2 Å². The maximum Gasteiger partial charge on any atom is 0.397 e. The molecule has 0 saturated heterocycles. The van der Waals surface area contributed by atoms with E-state index in [4.69, 9.17) is 0 Å². The summed E-state index contributed by atoms with van der Waals surface area (Å²) in [6, 6.07) is 5.16. The number of aromatic nitrogens is 2. The van der Waals surface area contributed by atoms with Crippen LogP contribution < -0.4 is 5.32 Å². The van der Waals surface area contributed by atoms with Gasteiger partial charge in [0.05, 0.1) is 24.0 Å². The number of rotatable bonds is 2. The number of hydrogen-bond acceptors (Lipinski definition) is 6. The highest BCUT2D eigenvalue weighted by molar-refractivity contribution is 7.00. The Morgan fingerprint density at radius 3 is 3.00 bits per heavy atom. The predicted molar refractivity (Wildman–Crippen MR) is 62.7 cm³/mol. The molecule has 0 radical (unpaired) electrons. The van der Waals surface area contributed by atoms with Crippen LogP contribution in [0.1, 0.15) is 6.92 Å². The summed E-state index contributed by atoms with van der Waals surface area (Å²) < 4.78 is 12.7. The van der Waals surface area contributed by atoms with Crippen molar-refractivity contribution in [2.75, 3.05) is 11.9 Å². The first kappa shape index (κ1) is 11.5. The second-order valence-corrected chi connectivity index (χ2v) is 3.64. The summed E-state index contributed by atoms with van der Waals surface area (Å²) in [6.07, 6.45) is 0. The molecule has 1 heterocycles. The van der Waals surface area contributed by atoms with E-state index in [1.54, 1.807) is 25.1 Å². The lowest BCUT2D eigenvalue weighted by Crippen LogP contribution is -2.25. The van der Waals surface area contributed by atoms with Crippen LogP contribution in [0.3, 0.4) is 0 Å². The molecule has 0 bridgehead atoms. The van der Waals surface area contributed by atoms with E-state index >= 15 is 0 Å². The molecule has 1 aromatic heterocycles. The summed E-state index contributed by atoms with van der Waals surface area (Å²) in [5.74, 6) is -1.72. The van der Waals surface area contributed by atoms with Gasteiger partial charge in [-0.25, -0.2) is 4.79 Å². The number of nitrogens with one attached hydrogen (secondary N) is 1. The molecule has 1 N–H and O–H groups in total. The highest BCUT2D eigenvalue weighted by Gasteiger charge is 2.16. The minimum absolute atomic E-state index is 0.161. The van der Waals surface area contributed by atoms with Gasteiger partial charge in [-0.3, -0.25) is 4.79 Å². The Balaban J connectivity index is 2.21. The number of ether oxygens (including phenoxy) is 1. The highest BCUT2D eigenvalue weighted by Crippen LogP contribution is 2.20. The maximum atomic E-state index is 11.4. The molecule has 0 unspecified atom stereocenters. The van der Waals surface area contributed by atoms with Crippen molar-refractivity contribution in [1.82, 2.24) is 8.75 Å². The van der Waals surface area contributed by atoms with Crippen LogP contribution in [0, 0.1) is 0 Å². The van der Waals surface area contributed by atoms with Gasteiger partial charge in [-0.15, -0.1) is 0 Å². The lowest BCUT2D eigenvalue weighted by molar-refractivity contribution is -0.152. The molecule has 0 fully saturated rings. The normalized spacial score (nSPS) is 10.2. The molecule has 0 atom stereocenters. The van der Waals surface area contributed by atoms with Gasteiger partial charge >= 0.3 is 11.9 Å². The molecule has 0 saturated carbocycles. The van der Waals surface area contributed by atoms with E-state index in [9.17, 15) is 9.59 Å².